The molecule has 0 aliphatic heterocycles. The zero-order valence-electron chi connectivity index (χ0n) is 18.3. The summed E-state index contributed by atoms with van der Waals surface area (Å²) in [4.78, 5) is 18.3. The predicted molar refractivity (Wildman–Crippen MR) is 133 cm³/mol. The highest BCUT2D eigenvalue weighted by molar-refractivity contribution is 14.0. The number of halogens is 1. The van der Waals surface area contributed by atoms with E-state index in [9.17, 15) is 4.79 Å². The Kier molecular flexibility index (Phi) is 11.9. The lowest BCUT2D eigenvalue weighted by atomic mass is 10.1. The van der Waals surface area contributed by atoms with Gasteiger partial charge in [0, 0.05) is 45.7 Å². The molecule has 0 heterocycles. The van der Waals surface area contributed by atoms with Crippen LogP contribution in [0.5, 0.6) is 5.75 Å². The van der Waals surface area contributed by atoms with Crippen LogP contribution >= 0.6 is 24.0 Å². The third-order valence-corrected chi connectivity index (χ3v) is 4.51. The molecule has 30 heavy (non-hydrogen) atoms. The average Bonchev–Trinajstić information content (AvgIpc) is 2.72. The van der Waals surface area contributed by atoms with Gasteiger partial charge >= 0.3 is 0 Å². The first kappa shape index (κ1) is 25.7. The Morgan fingerprint density at radius 1 is 1.13 bits per heavy atom. The maximum atomic E-state index is 12.4. The molecule has 0 atom stereocenters. The minimum absolute atomic E-state index is 0. The van der Waals surface area contributed by atoms with Crippen LogP contribution in [-0.4, -0.2) is 44.0 Å². The summed E-state index contributed by atoms with van der Waals surface area (Å²) < 4.78 is 5.72. The van der Waals surface area contributed by atoms with E-state index >= 15 is 0 Å². The fourth-order valence-corrected chi connectivity index (χ4v) is 2.92. The van der Waals surface area contributed by atoms with E-state index in [1.807, 2.05) is 57.3 Å². The summed E-state index contributed by atoms with van der Waals surface area (Å²) in [6, 6.07) is 16.1. The molecular weight excluding hydrogens is 491 g/mol. The Morgan fingerprint density at radius 3 is 2.53 bits per heavy atom. The van der Waals surface area contributed by atoms with Gasteiger partial charge in [0.1, 0.15) is 5.75 Å². The monoisotopic (exact) mass is 524 g/mol. The van der Waals surface area contributed by atoms with E-state index in [2.05, 4.69) is 27.8 Å². The van der Waals surface area contributed by atoms with Gasteiger partial charge in [-0.05, 0) is 31.0 Å². The van der Waals surface area contributed by atoms with Gasteiger partial charge in [0.25, 0.3) is 0 Å². The van der Waals surface area contributed by atoms with Gasteiger partial charge in [0.15, 0.2) is 5.96 Å². The molecule has 6 nitrogen and oxygen atoms in total. The maximum Gasteiger partial charge on any atom is 0.224 e. The standard InChI is InChI=1S/C23H32N4O2.HI/c1-5-29-21-15-18(2)11-12-20(21)16-26-23(24-3)25-14-13-22(28)27(4)17-19-9-7-6-8-10-19;/h6-12,15H,5,13-14,16-17H2,1-4H3,(H2,24,25,26);1H. The predicted octanol–water partition coefficient (Wildman–Crippen LogP) is 3.73. The van der Waals surface area contributed by atoms with Crippen molar-refractivity contribution in [1.82, 2.24) is 15.5 Å². The summed E-state index contributed by atoms with van der Waals surface area (Å²) in [5, 5.41) is 6.48. The number of rotatable bonds is 9. The van der Waals surface area contributed by atoms with Crippen LogP contribution in [0.25, 0.3) is 0 Å². The molecule has 0 bridgehead atoms. The fraction of sp³-hybridized carbons (Fsp3) is 0.391. The molecule has 0 saturated carbocycles. The van der Waals surface area contributed by atoms with Gasteiger partial charge in [0.05, 0.1) is 6.61 Å². The van der Waals surface area contributed by atoms with Gasteiger partial charge in [0.2, 0.25) is 5.91 Å². The summed E-state index contributed by atoms with van der Waals surface area (Å²) >= 11 is 0. The first-order chi connectivity index (χ1) is 14.0. The lowest BCUT2D eigenvalue weighted by Crippen LogP contribution is -2.39. The number of guanidine groups is 1. The van der Waals surface area contributed by atoms with E-state index in [0.717, 1.165) is 22.4 Å². The normalized spacial score (nSPS) is 10.7. The van der Waals surface area contributed by atoms with Crippen LogP contribution in [0.2, 0.25) is 0 Å². The Balaban J connectivity index is 0.00000450. The average molecular weight is 524 g/mol. The second-order valence-corrected chi connectivity index (χ2v) is 6.88. The van der Waals surface area contributed by atoms with Crippen LogP contribution < -0.4 is 15.4 Å². The van der Waals surface area contributed by atoms with Crippen molar-refractivity contribution in [2.75, 3.05) is 27.2 Å². The van der Waals surface area contributed by atoms with Crippen LogP contribution in [0.15, 0.2) is 53.5 Å². The number of carbonyl (C=O) groups is 1. The molecule has 0 aliphatic carbocycles. The van der Waals surface area contributed by atoms with Crippen molar-refractivity contribution in [1.29, 1.82) is 0 Å². The van der Waals surface area contributed by atoms with E-state index in [-0.39, 0.29) is 29.9 Å². The number of hydrogen-bond donors (Lipinski definition) is 2. The van der Waals surface area contributed by atoms with Crippen molar-refractivity contribution >= 4 is 35.8 Å². The molecule has 2 aromatic carbocycles. The van der Waals surface area contributed by atoms with Crippen LogP contribution in [0.1, 0.15) is 30.0 Å². The van der Waals surface area contributed by atoms with Crippen molar-refractivity contribution in [3.8, 4) is 5.75 Å². The van der Waals surface area contributed by atoms with E-state index in [1.165, 1.54) is 0 Å². The van der Waals surface area contributed by atoms with Crippen molar-refractivity contribution in [3.05, 3.63) is 65.2 Å². The molecule has 2 rings (SSSR count). The summed E-state index contributed by atoms with van der Waals surface area (Å²) in [6.07, 6.45) is 0.402. The van der Waals surface area contributed by atoms with E-state index < -0.39 is 0 Å². The molecule has 2 N–H and O–H groups in total. The number of nitrogens with one attached hydrogen (secondary N) is 2. The molecule has 0 fully saturated rings. The highest BCUT2D eigenvalue weighted by Crippen LogP contribution is 2.20. The van der Waals surface area contributed by atoms with E-state index in [0.29, 0.717) is 38.6 Å². The molecule has 0 unspecified atom stereocenters. The maximum absolute atomic E-state index is 12.4. The molecule has 7 heteroatoms. The quantitative estimate of drug-likeness (QED) is 0.298. The number of carbonyl (C=O) groups excluding carboxylic acids is 1. The largest absolute Gasteiger partial charge is 0.494 e. The topological polar surface area (TPSA) is 66.0 Å². The number of nitrogens with zero attached hydrogens (tertiary/aromatic N) is 2. The van der Waals surface area contributed by atoms with E-state index in [4.69, 9.17) is 4.74 Å². The van der Waals surface area contributed by atoms with Crippen LogP contribution in [0, 0.1) is 6.92 Å². The molecular formula is C23H33IN4O2. The Hall–Kier alpha value is -2.29. The zero-order chi connectivity index (χ0) is 21.1. The van der Waals surface area contributed by atoms with Crippen LogP contribution in [0.3, 0.4) is 0 Å². The van der Waals surface area contributed by atoms with Crippen molar-refractivity contribution in [2.24, 2.45) is 4.99 Å². The summed E-state index contributed by atoms with van der Waals surface area (Å²) in [5.74, 6) is 1.63. The van der Waals surface area contributed by atoms with Crippen molar-refractivity contribution in [2.45, 2.75) is 33.4 Å². The minimum atomic E-state index is 0. The van der Waals surface area contributed by atoms with Gasteiger partial charge in [-0.1, -0.05) is 42.5 Å². The van der Waals surface area contributed by atoms with Crippen LogP contribution in [-0.2, 0) is 17.9 Å². The summed E-state index contributed by atoms with van der Waals surface area (Å²) in [6.45, 7) is 6.38. The van der Waals surface area contributed by atoms with E-state index in [1.54, 1.807) is 11.9 Å². The second-order valence-electron chi connectivity index (χ2n) is 6.88. The number of ether oxygens (including phenoxy) is 1. The number of hydrogen-bond acceptors (Lipinski definition) is 3. The number of benzene rings is 2. The van der Waals surface area contributed by atoms with Gasteiger partial charge in [-0.2, -0.15) is 0 Å². The van der Waals surface area contributed by atoms with Crippen molar-refractivity contribution in [3.63, 3.8) is 0 Å². The molecule has 0 aliphatic rings. The number of aryl methyl sites for hydroxylation is 1. The number of amides is 1. The smallest absolute Gasteiger partial charge is 0.224 e. The lowest BCUT2D eigenvalue weighted by molar-refractivity contribution is -0.130. The van der Waals surface area contributed by atoms with Gasteiger partial charge < -0.3 is 20.3 Å². The first-order valence-electron chi connectivity index (χ1n) is 9.98. The SMILES string of the molecule is CCOc1cc(C)ccc1CNC(=NC)NCCC(=O)N(C)Cc1ccccc1.I. The summed E-state index contributed by atoms with van der Waals surface area (Å²) in [7, 11) is 3.55. The molecule has 0 radical (unpaired) electrons. The molecule has 0 saturated heterocycles. The molecule has 2 aromatic rings. The molecule has 1 amide bonds. The third kappa shape index (κ3) is 8.61. The Morgan fingerprint density at radius 2 is 1.87 bits per heavy atom. The molecule has 0 aromatic heterocycles. The van der Waals surface area contributed by atoms with Gasteiger partial charge in [-0.25, -0.2) is 0 Å². The molecule has 0 spiro atoms. The zero-order valence-corrected chi connectivity index (χ0v) is 20.6. The Bertz CT molecular complexity index is 812. The lowest BCUT2D eigenvalue weighted by Gasteiger charge is -2.18. The second kappa shape index (κ2) is 13.8. The van der Waals surface area contributed by atoms with Crippen molar-refractivity contribution < 1.29 is 9.53 Å². The molecule has 164 valence electrons. The minimum Gasteiger partial charge on any atom is -0.494 e. The Labute approximate surface area is 197 Å². The van der Waals surface area contributed by atoms with Gasteiger partial charge in [-0.3, -0.25) is 9.79 Å². The van der Waals surface area contributed by atoms with Crippen LogP contribution in [0.4, 0.5) is 0 Å². The first-order valence-corrected chi connectivity index (χ1v) is 9.98. The highest BCUT2D eigenvalue weighted by Gasteiger charge is 2.10. The fourth-order valence-electron chi connectivity index (χ4n) is 2.92. The summed E-state index contributed by atoms with van der Waals surface area (Å²) in [5.41, 5.74) is 3.36. The third-order valence-electron chi connectivity index (χ3n) is 4.51. The highest BCUT2D eigenvalue weighted by atomic mass is 127. The number of aliphatic imine (C=N–C) groups is 1. The van der Waals surface area contributed by atoms with Gasteiger partial charge in [-0.15, -0.1) is 24.0 Å².